The van der Waals surface area contributed by atoms with Crippen LogP contribution in [0.3, 0.4) is 0 Å². The first-order valence-corrected chi connectivity index (χ1v) is 10.7. The number of hydrogen-bond acceptors (Lipinski definition) is 4. The van der Waals surface area contributed by atoms with Crippen LogP contribution in [-0.4, -0.2) is 37.6 Å². The van der Waals surface area contributed by atoms with Gasteiger partial charge in [-0.1, -0.05) is 38.1 Å². The van der Waals surface area contributed by atoms with Crippen molar-refractivity contribution < 1.29 is 19.1 Å². The first-order valence-electron chi connectivity index (χ1n) is 10.7. The van der Waals surface area contributed by atoms with Crippen molar-refractivity contribution in [2.45, 2.75) is 53.6 Å². The van der Waals surface area contributed by atoms with E-state index >= 15 is 0 Å². The van der Waals surface area contributed by atoms with E-state index in [2.05, 4.69) is 24.5 Å². The summed E-state index contributed by atoms with van der Waals surface area (Å²) in [6, 6.07) is 11.8. The molecule has 1 atom stereocenters. The Morgan fingerprint density at radius 1 is 0.871 bits per heavy atom. The minimum Gasteiger partial charge on any atom is -0.483 e. The van der Waals surface area contributed by atoms with Crippen molar-refractivity contribution in [3.63, 3.8) is 0 Å². The smallest absolute Gasteiger partial charge is 0.260 e. The fourth-order valence-corrected chi connectivity index (χ4v) is 3.06. The third-order valence-electron chi connectivity index (χ3n) is 5.20. The van der Waals surface area contributed by atoms with E-state index in [9.17, 15) is 9.59 Å². The number of ether oxygens (including phenoxy) is 2. The van der Waals surface area contributed by atoms with Gasteiger partial charge in [0.15, 0.2) is 12.7 Å². The largest absolute Gasteiger partial charge is 0.483 e. The van der Waals surface area contributed by atoms with Crippen LogP contribution < -0.4 is 20.1 Å². The molecule has 0 radical (unpaired) electrons. The first-order chi connectivity index (χ1) is 14.7. The summed E-state index contributed by atoms with van der Waals surface area (Å²) in [5.74, 6) is 1.38. The van der Waals surface area contributed by atoms with E-state index in [1.807, 2.05) is 57.2 Å². The Bertz CT molecular complexity index is 891. The summed E-state index contributed by atoms with van der Waals surface area (Å²) in [6.45, 7) is 12.5. The van der Waals surface area contributed by atoms with Gasteiger partial charge in [-0.2, -0.15) is 0 Å². The van der Waals surface area contributed by atoms with E-state index in [-0.39, 0.29) is 18.4 Å². The molecule has 0 saturated carbocycles. The Labute approximate surface area is 185 Å². The van der Waals surface area contributed by atoms with Crippen LogP contribution in [0.2, 0.25) is 0 Å². The van der Waals surface area contributed by atoms with Crippen LogP contribution in [0, 0.1) is 20.8 Å². The maximum Gasteiger partial charge on any atom is 0.260 e. The molecule has 0 aromatic heterocycles. The van der Waals surface area contributed by atoms with Crippen LogP contribution in [0.25, 0.3) is 0 Å². The number of aryl methyl sites for hydroxylation is 2. The van der Waals surface area contributed by atoms with Gasteiger partial charge in [-0.05, 0) is 68.0 Å². The van der Waals surface area contributed by atoms with Crippen LogP contribution in [0.5, 0.6) is 11.5 Å². The molecule has 0 spiro atoms. The first kappa shape index (κ1) is 24.3. The lowest BCUT2D eigenvalue weighted by molar-refractivity contribution is -0.127. The topological polar surface area (TPSA) is 76.7 Å². The Morgan fingerprint density at radius 3 is 2.13 bits per heavy atom. The molecule has 2 aromatic carbocycles. The number of rotatable bonds is 10. The van der Waals surface area contributed by atoms with Crippen LogP contribution in [-0.2, 0) is 9.59 Å². The maximum atomic E-state index is 12.2. The summed E-state index contributed by atoms with van der Waals surface area (Å²) in [4.78, 5) is 24.3. The normalized spacial score (nSPS) is 11.7. The van der Waals surface area contributed by atoms with Crippen molar-refractivity contribution in [2.24, 2.45) is 0 Å². The Morgan fingerprint density at radius 2 is 1.48 bits per heavy atom. The van der Waals surface area contributed by atoms with Gasteiger partial charge in [0.2, 0.25) is 0 Å². The minimum absolute atomic E-state index is 0.0645. The zero-order chi connectivity index (χ0) is 23.0. The molecule has 2 rings (SSSR count). The molecular formula is C25H34N2O4. The standard InChI is InChI=1S/C25H34N2O4/c1-16(2)21-9-11-22(12-10-21)31-20(6)25(29)27-14-13-26-23(28)15-30-24-18(4)8-7-17(3)19(24)5/h7-12,16,20H,13-15H2,1-6H3,(H,26,28)(H,27,29). The molecule has 6 heteroatoms. The van der Waals surface area contributed by atoms with Crippen molar-refractivity contribution in [3.05, 3.63) is 58.7 Å². The van der Waals surface area contributed by atoms with E-state index in [4.69, 9.17) is 9.47 Å². The van der Waals surface area contributed by atoms with Crippen molar-refractivity contribution in [2.75, 3.05) is 19.7 Å². The molecule has 0 aliphatic rings. The second-order valence-electron chi connectivity index (χ2n) is 8.07. The zero-order valence-electron chi connectivity index (χ0n) is 19.4. The summed E-state index contributed by atoms with van der Waals surface area (Å²) in [7, 11) is 0. The van der Waals surface area contributed by atoms with Gasteiger partial charge in [0, 0.05) is 13.1 Å². The van der Waals surface area contributed by atoms with Crippen LogP contribution in [0.1, 0.15) is 48.9 Å². The molecule has 168 valence electrons. The fourth-order valence-electron chi connectivity index (χ4n) is 3.06. The molecule has 1 unspecified atom stereocenters. The lowest BCUT2D eigenvalue weighted by atomic mass is 10.0. The van der Waals surface area contributed by atoms with Gasteiger partial charge < -0.3 is 20.1 Å². The number of carbonyl (C=O) groups excluding carboxylic acids is 2. The van der Waals surface area contributed by atoms with Gasteiger partial charge in [0.05, 0.1) is 0 Å². The summed E-state index contributed by atoms with van der Waals surface area (Å²) in [5, 5.41) is 5.52. The maximum absolute atomic E-state index is 12.2. The quantitative estimate of drug-likeness (QED) is 0.567. The fraction of sp³-hybridized carbons (Fsp3) is 0.440. The van der Waals surface area contributed by atoms with Crippen LogP contribution in [0.15, 0.2) is 36.4 Å². The average molecular weight is 427 g/mol. The number of carbonyl (C=O) groups is 2. The number of benzene rings is 2. The molecule has 2 amide bonds. The second-order valence-corrected chi connectivity index (χ2v) is 8.07. The van der Waals surface area contributed by atoms with Crippen LogP contribution in [0.4, 0.5) is 0 Å². The monoisotopic (exact) mass is 426 g/mol. The number of hydrogen-bond donors (Lipinski definition) is 2. The molecule has 31 heavy (non-hydrogen) atoms. The van der Waals surface area contributed by atoms with Crippen molar-refractivity contribution in [1.29, 1.82) is 0 Å². The van der Waals surface area contributed by atoms with Crippen molar-refractivity contribution in [3.8, 4) is 11.5 Å². The van der Waals surface area contributed by atoms with Crippen molar-refractivity contribution in [1.82, 2.24) is 10.6 Å². The van der Waals surface area contributed by atoms with Gasteiger partial charge in [0.25, 0.3) is 11.8 Å². The number of nitrogens with one attached hydrogen (secondary N) is 2. The molecule has 0 aliphatic heterocycles. The third-order valence-corrected chi connectivity index (χ3v) is 5.20. The van der Waals surface area contributed by atoms with Gasteiger partial charge >= 0.3 is 0 Å². The summed E-state index contributed by atoms with van der Waals surface area (Å²) >= 11 is 0. The summed E-state index contributed by atoms with van der Waals surface area (Å²) < 4.78 is 11.4. The molecule has 2 N–H and O–H groups in total. The average Bonchev–Trinajstić information content (AvgIpc) is 2.74. The highest BCUT2D eigenvalue weighted by Crippen LogP contribution is 2.25. The van der Waals surface area contributed by atoms with Gasteiger partial charge in [-0.15, -0.1) is 0 Å². The Hall–Kier alpha value is -3.02. The summed E-state index contributed by atoms with van der Waals surface area (Å²) in [6.07, 6.45) is -0.629. The van der Waals surface area contributed by atoms with Crippen LogP contribution >= 0.6 is 0 Å². The molecule has 0 heterocycles. The predicted molar refractivity (Wildman–Crippen MR) is 123 cm³/mol. The third kappa shape index (κ3) is 7.31. The van der Waals surface area contributed by atoms with E-state index in [0.29, 0.717) is 24.8 Å². The molecular weight excluding hydrogens is 392 g/mol. The Balaban J connectivity index is 1.68. The molecule has 2 aromatic rings. The minimum atomic E-state index is -0.629. The molecule has 6 nitrogen and oxygen atoms in total. The highest BCUT2D eigenvalue weighted by atomic mass is 16.5. The molecule has 0 fully saturated rings. The predicted octanol–water partition coefficient (Wildman–Crippen LogP) is 3.81. The highest BCUT2D eigenvalue weighted by Gasteiger charge is 2.14. The van der Waals surface area contributed by atoms with E-state index < -0.39 is 6.10 Å². The zero-order valence-corrected chi connectivity index (χ0v) is 19.4. The Kier molecular flexibility index (Phi) is 8.91. The SMILES string of the molecule is Cc1ccc(C)c(OCC(=O)NCCNC(=O)C(C)Oc2ccc(C(C)C)cc2)c1C. The van der Waals surface area contributed by atoms with E-state index in [1.54, 1.807) is 6.92 Å². The lowest BCUT2D eigenvalue weighted by Gasteiger charge is -2.16. The molecule has 0 bridgehead atoms. The number of amides is 2. The van der Waals surface area contributed by atoms with Gasteiger partial charge in [-0.3, -0.25) is 9.59 Å². The summed E-state index contributed by atoms with van der Waals surface area (Å²) in [5.41, 5.74) is 4.37. The van der Waals surface area contributed by atoms with Gasteiger partial charge in [-0.25, -0.2) is 0 Å². The lowest BCUT2D eigenvalue weighted by Crippen LogP contribution is -2.41. The van der Waals surface area contributed by atoms with Gasteiger partial charge in [0.1, 0.15) is 11.5 Å². The molecule has 0 saturated heterocycles. The van der Waals surface area contributed by atoms with E-state index in [0.717, 1.165) is 22.4 Å². The second kappa shape index (κ2) is 11.4. The highest BCUT2D eigenvalue weighted by molar-refractivity contribution is 5.81. The molecule has 0 aliphatic carbocycles. The van der Waals surface area contributed by atoms with Crippen molar-refractivity contribution >= 4 is 11.8 Å². The van der Waals surface area contributed by atoms with E-state index in [1.165, 1.54) is 5.56 Å².